The topological polar surface area (TPSA) is 55.1 Å². The Morgan fingerprint density at radius 3 is 2.17 bits per heavy atom. The lowest BCUT2D eigenvalue weighted by molar-refractivity contribution is -0.132. The molecule has 1 amide bonds. The summed E-state index contributed by atoms with van der Waals surface area (Å²) >= 11 is 0. The summed E-state index contributed by atoms with van der Waals surface area (Å²) in [7, 11) is 0. The van der Waals surface area contributed by atoms with Crippen molar-refractivity contribution in [2.24, 2.45) is 16.6 Å². The second-order valence-corrected chi connectivity index (χ2v) is 6.33. The van der Waals surface area contributed by atoms with Gasteiger partial charge in [-0.15, -0.1) is 0 Å². The van der Waals surface area contributed by atoms with Crippen molar-refractivity contribution in [1.29, 1.82) is 0 Å². The number of amides is 1. The summed E-state index contributed by atoms with van der Waals surface area (Å²) in [5.74, 6) is 0.182. The summed E-state index contributed by atoms with van der Waals surface area (Å²) in [4.78, 5) is 12.5. The van der Waals surface area contributed by atoms with E-state index >= 15 is 0 Å². The van der Waals surface area contributed by atoms with Crippen molar-refractivity contribution < 1.29 is 4.79 Å². The zero-order valence-corrected chi connectivity index (χ0v) is 12.3. The van der Waals surface area contributed by atoms with Gasteiger partial charge in [-0.05, 0) is 31.1 Å². The number of nitrogens with two attached hydrogens (primary N) is 1. The first-order valence-electron chi connectivity index (χ1n) is 7.50. The molecular weight excluding hydrogens is 224 g/mol. The molecule has 106 valence electrons. The molecule has 0 aromatic heterocycles. The van der Waals surface area contributed by atoms with Crippen molar-refractivity contribution >= 4 is 5.91 Å². The van der Waals surface area contributed by atoms with E-state index in [4.69, 9.17) is 5.73 Å². The number of nitrogens with one attached hydrogen (secondary N) is 1. The Morgan fingerprint density at radius 1 is 1.28 bits per heavy atom. The van der Waals surface area contributed by atoms with Gasteiger partial charge < -0.3 is 11.1 Å². The van der Waals surface area contributed by atoms with Crippen molar-refractivity contribution in [1.82, 2.24) is 5.32 Å². The number of rotatable bonds is 8. The van der Waals surface area contributed by atoms with Gasteiger partial charge in [0, 0.05) is 13.1 Å². The van der Waals surface area contributed by atoms with Crippen LogP contribution in [0, 0.1) is 10.8 Å². The Balaban J connectivity index is 2.57. The smallest absolute Gasteiger partial charge is 0.227 e. The van der Waals surface area contributed by atoms with Gasteiger partial charge in [0.2, 0.25) is 5.91 Å². The van der Waals surface area contributed by atoms with Crippen molar-refractivity contribution in [3.05, 3.63) is 0 Å². The molecule has 18 heavy (non-hydrogen) atoms. The maximum absolute atomic E-state index is 12.5. The molecule has 0 saturated heterocycles. The molecule has 0 aromatic carbocycles. The molecule has 0 aliphatic heterocycles. The van der Waals surface area contributed by atoms with Crippen LogP contribution in [0.5, 0.6) is 0 Å². The van der Waals surface area contributed by atoms with Gasteiger partial charge in [-0.1, -0.05) is 40.0 Å². The summed E-state index contributed by atoms with van der Waals surface area (Å²) in [5.41, 5.74) is 5.92. The van der Waals surface area contributed by atoms with E-state index in [1.165, 1.54) is 19.3 Å². The lowest BCUT2D eigenvalue weighted by atomic mass is 9.70. The molecular formula is C15H30N2O. The lowest BCUT2D eigenvalue weighted by Gasteiger charge is -2.40. The van der Waals surface area contributed by atoms with Crippen LogP contribution in [0.4, 0.5) is 0 Å². The molecule has 0 aromatic rings. The zero-order chi connectivity index (χ0) is 13.6. The monoisotopic (exact) mass is 254 g/mol. The molecule has 1 saturated carbocycles. The predicted octanol–water partition coefficient (Wildman–Crippen LogP) is 2.84. The van der Waals surface area contributed by atoms with Crippen LogP contribution in [0.25, 0.3) is 0 Å². The molecule has 0 heterocycles. The minimum atomic E-state index is -0.330. The highest BCUT2D eigenvalue weighted by atomic mass is 16.2. The van der Waals surface area contributed by atoms with Gasteiger partial charge in [-0.2, -0.15) is 0 Å². The third-order valence-corrected chi connectivity index (χ3v) is 4.57. The molecule has 1 rings (SSSR count). The molecule has 1 aliphatic carbocycles. The van der Waals surface area contributed by atoms with Crippen LogP contribution >= 0.6 is 0 Å². The fraction of sp³-hybridized carbons (Fsp3) is 0.933. The number of hydrogen-bond acceptors (Lipinski definition) is 2. The van der Waals surface area contributed by atoms with Gasteiger partial charge in [-0.3, -0.25) is 4.79 Å². The summed E-state index contributed by atoms with van der Waals surface area (Å²) in [6.45, 7) is 7.81. The number of carbonyl (C=O) groups excluding carboxylic acids is 1. The van der Waals surface area contributed by atoms with E-state index in [0.717, 1.165) is 32.2 Å². The first-order valence-corrected chi connectivity index (χ1v) is 7.50. The maximum Gasteiger partial charge on any atom is 0.227 e. The Bertz CT molecular complexity index is 266. The Morgan fingerprint density at radius 2 is 1.83 bits per heavy atom. The third-order valence-electron chi connectivity index (χ3n) is 4.57. The Hall–Kier alpha value is -0.570. The van der Waals surface area contributed by atoms with Gasteiger partial charge >= 0.3 is 0 Å². The highest BCUT2D eigenvalue weighted by molar-refractivity contribution is 5.82. The van der Waals surface area contributed by atoms with E-state index in [1.54, 1.807) is 0 Å². The quantitative estimate of drug-likeness (QED) is 0.700. The van der Waals surface area contributed by atoms with E-state index in [9.17, 15) is 4.79 Å². The van der Waals surface area contributed by atoms with Gasteiger partial charge in [0.1, 0.15) is 0 Å². The van der Waals surface area contributed by atoms with Crippen molar-refractivity contribution in [3.8, 4) is 0 Å². The van der Waals surface area contributed by atoms with Gasteiger partial charge in [-0.25, -0.2) is 0 Å². The summed E-state index contributed by atoms with van der Waals surface area (Å²) in [6.07, 6.45) is 7.62. The minimum absolute atomic E-state index is 0.182. The summed E-state index contributed by atoms with van der Waals surface area (Å²) < 4.78 is 0. The van der Waals surface area contributed by atoms with Gasteiger partial charge in [0.05, 0.1) is 5.41 Å². The van der Waals surface area contributed by atoms with Crippen molar-refractivity contribution in [2.45, 2.75) is 65.7 Å². The van der Waals surface area contributed by atoms with Crippen LogP contribution in [0.2, 0.25) is 0 Å². The first kappa shape index (κ1) is 15.5. The SMILES string of the molecule is CCCC(CN)(CCC)C(=O)NCC1(C)CCC1. The molecule has 3 N–H and O–H groups in total. The minimum Gasteiger partial charge on any atom is -0.355 e. The Kier molecular flexibility index (Phi) is 5.64. The van der Waals surface area contributed by atoms with Crippen LogP contribution in [0.3, 0.4) is 0 Å². The Labute approximate surface area is 112 Å². The molecule has 0 bridgehead atoms. The normalized spacial score (nSPS) is 18.2. The molecule has 0 unspecified atom stereocenters. The summed E-state index contributed by atoms with van der Waals surface area (Å²) in [5, 5.41) is 3.17. The molecule has 3 heteroatoms. The average molecular weight is 254 g/mol. The second kappa shape index (κ2) is 6.55. The van der Waals surface area contributed by atoms with Gasteiger partial charge in [0.15, 0.2) is 0 Å². The van der Waals surface area contributed by atoms with Crippen LogP contribution in [0.1, 0.15) is 65.7 Å². The molecule has 0 spiro atoms. The zero-order valence-electron chi connectivity index (χ0n) is 12.3. The van der Waals surface area contributed by atoms with Crippen molar-refractivity contribution in [3.63, 3.8) is 0 Å². The molecule has 3 nitrogen and oxygen atoms in total. The number of hydrogen-bond donors (Lipinski definition) is 2. The molecule has 0 atom stereocenters. The van der Waals surface area contributed by atoms with Crippen molar-refractivity contribution in [2.75, 3.05) is 13.1 Å². The maximum atomic E-state index is 12.5. The predicted molar refractivity (Wildman–Crippen MR) is 76.3 cm³/mol. The molecule has 1 aliphatic rings. The highest BCUT2D eigenvalue weighted by Gasteiger charge is 2.37. The molecule has 1 fully saturated rings. The molecule has 0 radical (unpaired) electrons. The summed E-state index contributed by atoms with van der Waals surface area (Å²) in [6, 6.07) is 0. The first-order chi connectivity index (χ1) is 8.52. The van der Waals surface area contributed by atoms with Crippen LogP contribution in [0.15, 0.2) is 0 Å². The highest BCUT2D eigenvalue weighted by Crippen LogP contribution is 2.39. The second-order valence-electron chi connectivity index (χ2n) is 6.33. The lowest BCUT2D eigenvalue weighted by Crippen LogP contribution is -2.49. The van der Waals surface area contributed by atoms with E-state index in [1.807, 2.05) is 0 Å². The third kappa shape index (κ3) is 3.47. The van der Waals surface area contributed by atoms with Crippen LogP contribution < -0.4 is 11.1 Å². The standard InChI is InChI=1S/C15H30N2O/c1-4-7-15(11-16,8-5-2)13(18)17-12-14(3)9-6-10-14/h4-12,16H2,1-3H3,(H,17,18). The van der Waals surface area contributed by atoms with E-state index in [0.29, 0.717) is 12.0 Å². The average Bonchev–Trinajstić information content (AvgIpc) is 2.33. The van der Waals surface area contributed by atoms with E-state index in [2.05, 4.69) is 26.1 Å². The fourth-order valence-electron chi connectivity index (χ4n) is 3.04. The van der Waals surface area contributed by atoms with E-state index in [-0.39, 0.29) is 11.3 Å². The number of carbonyl (C=O) groups is 1. The van der Waals surface area contributed by atoms with E-state index < -0.39 is 0 Å². The van der Waals surface area contributed by atoms with Crippen LogP contribution in [-0.2, 0) is 4.79 Å². The van der Waals surface area contributed by atoms with Gasteiger partial charge in [0.25, 0.3) is 0 Å². The fourth-order valence-corrected chi connectivity index (χ4v) is 3.04. The largest absolute Gasteiger partial charge is 0.355 e. The van der Waals surface area contributed by atoms with Crippen LogP contribution in [-0.4, -0.2) is 19.0 Å².